The molecular formula is C42H45KN12O8S2. The quantitative estimate of drug-likeness (QED) is 0.0521. The largest absolute Gasteiger partial charge is 1.00 e. The third kappa shape index (κ3) is 12.4. The molecule has 0 aliphatic carbocycles. The summed E-state index contributed by atoms with van der Waals surface area (Å²) in [6.07, 6.45) is 2.61. The molecule has 20 nitrogen and oxygen atoms in total. The summed E-state index contributed by atoms with van der Waals surface area (Å²) in [5, 5.41) is 12.5. The fourth-order valence-corrected chi connectivity index (χ4v) is 8.23. The number of rotatable bonds is 14. The van der Waals surface area contributed by atoms with Crippen LogP contribution in [-0.4, -0.2) is 108 Å². The van der Waals surface area contributed by atoms with Gasteiger partial charge in [0.2, 0.25) is 35.7 Å². The molecule has 2 aliphatic heterocycles. The number of aromatic nitrogens is 6. The van der Waals surface area contributed by atoms with Crippen LogP contribution in [-0.2, 0) is 29.7 Å². The zero-order chi connectivity index (χ0) is 44.8. The van der Waals surface area contributed by atoms with Crippen LogP contribution in [0.15, 0.2) is 94.7 Å². The molecule has 0 bridgehead atoms. The van der Waals surface area contributed by atoms with Crippen LogP contribution >= 0.6 is 0 Å². The first-order chi connectivity index (χ1) is 30.7. The van der Waals surface area contributed by atoms with Crippen LogP contribution < -0.4 is 82.5 Å². The number of morpholine rings is 2. The minimum Gasteiger partial charge on any atom is -1.00 e. The minimum atomic E-state index is -4.84. The van der Waals surface area contributed by atoms with Crippen LogP contribution in [0, 0.1) is 13.8 Å². The Labute approximate surface area is 419 Å². The molecule has 2 aromatic heterocycles. The van der Waals surface area contributed by atoms with E-state index >= 15 is 0 Å². The van der Waals surface area contributed by atoms with Crippen molar-refractivity contribution in [1.29, 1.82) is 0 Å². The van der Waals surface area contributed by atoms with Crippen LogP contribution in [0.2, 0.25) is 0 Å². The molecule has 2 saturated heterocycles. The van der Waals surface area contributed by atoms with Crippen molar-refractivity contribution in [3.8, 4) is 0 Å². The van der Waals surface area contributed by atoms with Crippen molar-refractivity contribution < 1.29 is 88.2 Å². The van der Waals surface area contributed by atoms with Gasteiger partial charge in [0.05, 0.1) is 26.4 Å². The summed E-state index contributed by atoms with van der Waals surface area (Å²) in [6, 6.07) is 23.5. The first-order valence-corrected chi connectivity index (χ1v) is 22.9. The molecular weight excluding hydrogens is 904 g/mol. The molecule has 23 heteroatoms. The molecule has 0 spiro atoms. The third-order valence-electron chi connectivity index (χ3n) is 10.2. The maximum Gasteiger partial charge on any atom is 1.00 e. The van der Waals surface area contributed by atoms with Gasteiger partial charge in [0.15, 0.2) is 0 Å². The van der Waals surface area contributed by atoms with Gasteiger partial charge in [0, 0.05) is 48.9 Å². The number of anilines is 10. The van der Waals surface area contributed by atoms with Crippen molar-refractivity contribution in [1.82, 2.24) is 29.9 Å². The third-order valence-corrected chi connectivity index (χ3v) is 12.0. The molecule has 0 atom stereocenters. The van der Waals surface area contributed by atoms with Gasteiger partial charge in [0.25, 0.3) is 20.2 Å². The summed E-state index contributed by atoms with van der Waals surface area (Å²) in [4.78, 5) is 30.4. The Morgan fingerprint density at radius 1 is 0.538 bits per heavy atom. The van der Waals surface area contributed by atoms with Gasteiger partial charge in [-0.2, -0.15) is 46.7 Å². The Kier molecular flexibility index (Phi) is 15.4. The summed E-state index contributed by atoms with van der Waals surface area (Å²) in [6.45, 7) is 8.00. The van der Waals surface area contributed by atoms with Gasteiger partial charge in [-0.3, -0.25) is 9.11 Å². The average molecular weight is 949 g/mol. The van der Waals surface area contributed by atoms with Gasteiger partial charge >= 0.3 is 51.4 Å². The Morgan fingerprint density at radius 3 is 1.25 bits per heavy atom. The molecule has 0 saturated carbocycles. The maximum absolute atomic E-state index is 12.8. The van der Waals surface area contributed by atoms with Crippen molar-refractivity contribution >= 4 is 90.8 Å². The van der Waals surface area contributed by atoms with Crippen molar-refractivity contribution in [3.63, 3.8) is 0 Å². The minimum absolute atomic E-state index is 0. The van der Waals surface area contributed by atoms with E-state index in [4.69, 9.17) is 9.47 Å². The zero-order valence-electron chi connectivity index (χ0n) is 36.6. The monoisotopic (exact) mass is 948 g/mol. The zero-order valence-corrected chi connectivity index (χ0v) is 40.4. The normalized spacial score (nSPS) is 14.5. The number of aryl methyl sites for hydroxylation is 2. The summed E-state index contributed by atoms with van der Waals surface area (Å²) in [5.41, 5.74) is 3.93. The van der Waals surface area contributed by atoms with E-state index in [-0.39, 0.29) is 99.1 Å². The topological polar surface area (TPSA) is 259 Å². The van der Waals surface area contributed by atoms with Crippen LogP contribution in [0.4, 0.5) is 58.4 Å². The van der Waals surface area contributed by atoms with Gasteiger partial charge in [-0.25, -0.2) is 0 Å². The number of hydrogen-bond acceptors (Lipinski definition) is 18. The summed E-state index contributed by atoms with van der Waals surface area (Å²) in [5.74, 6) is 1.41. The predicted molar refractivity (Wildman–Crippen MR) is 244 cm³/mol. The number of ether oxygens (including phenoxy) is 2. The second-order valence-corrected chi connectivity index (χ2v) is 17.5. The molecule has 334 valence electrons. The Balaban J connectivity index is 0.00000360. The van der Waals surface area contributed by atoms with Crippen LogP contribution in [0.5, 0.6) is 0 Å². The molecule has 2 aliphatic rings. The van der Waals surface area contributed by atoms with Crippen molar-refractivity contribution in [2.45, 2.75) is 23.6 Å². The fourth-order valence-electron chi connectivity index (χ4n) is 6.81. The van der Waals surface area contributed by atoms with E-state index in [0.29, 0.717) is 64.5 Å². The first kappa shape index (κ1) is 47.8. The van der Waals surface area contributed by atoms with Crippen LogP contribution in [0.1, 0.15) is 23.7 Å². The van der Waals surface area contributed by atoms with E-state index in [1.54, 1.807) is 12.1 Å². The summed E-state index contributed by atoms with van der Waals surface area (Å²) in [7, 11) is -9.68. The van der Waals surface area contributed by atoms with Crippen molar-refractivity contribution in [3.05, 3.63) is 107 Å². The van der Waals surface area contributed by atoms with E-state index in [9.17, 15) is 25.9 Å². The molecule has 8 rings (SSSR count). The van der Waals surface area contributed by atoms with Gasteiger partial charge in [0.1, 0.15) is 9.79 Å². The molecule has 0 radical (unpaired) electrons. The SMILES string of the molecule is Cc1ccccc1Nc1nc(Nc2ccc(C=Cc3ccc(Nc4nc(Nc5ccccc5C)nc(N5CCOCC5)n4)cc3S(=O)(=O)O)c(S(=O)(=O)O)c2)nc(N2CCOCC2)n1.[H-].[K+]. The Hall–Kier alpha value is -5.18. The van der Waals surface area contributed by atoms with Gasteiger partial charge in [-0.1, -0.05) is 60.7 Å². The van der Waals surface area contributed by atoms with Crippen molar-refractivity contribution in [2.75, 3.05) is 83.7 Å². The van der Waals surface area contributed by atoms with E-state index < -0.39 is 30.0 Å². The molecule has 65 heavy (non-hydrogen) atoms. The van der Waals surface area contributed by atoms with Gasteiger partial charge < -0.3 is 42.0 Å². The molecule has 0 amide bonds. The first-order valence-electron chi connectivity index (χ1n) is 20.0. The predicted octanol–water partition coefficient (Wildman–Crippen LogP) is 3.10. The van der Waals surface area contributed by atoms with E-state index in [0.717, 1.165) is 22.5 Å². The van der Waals surface area contributed by atoms with Gasteiger partial charge in [-0.05, 0) is 72.5 Å². The smallest absolute Gasteiger partial charge is 1.00 e. The molecule has 6 N–H and O–H groups in total. The van der Waals surface area contributed by atoms with Gasteiger partial charge in [-0.15, -0.1) is 0 Å². The second kappa shape index (κ2) is 21.0. The molecule has 2 fully saturated rings. The fraction of sp³-hybridized carbons (Fsp3) is 0.238. The van der Waals surface area contributed by atoms with Crippen LogP contribution in [0.25, 0.3) is 12.2 Å². The summed E-state index contributed by atoms with van der Waals surface area (Å²) < 4.78 is 82.8. The van der Waals surface area contributed by atoms with E-state index in [2.05, 4.69) is 51.2 Å². The number of nitrogens with zero attached hydrogens (tertiary/aromatic N) is 8. The number of para-hydroxylation sites is 2. The molecule has 0 unspecified atom stereocenters. The Bertz CT molecular complexity index is 2750. The molecule has 6 aromatic rings. The molecule has 4 heterocycles. The molecule has 4 aromatic carbocycles. The number of benzene rings is 4. The van der Waals surface area contributed by atoms with E-state index in [1.165, 1.54) is 36.4 Å². The standard InChI is InChI=1S/C42H44N12O8S2.K.H/c1-27-7-3-5-9-33(27)45-39-47-37(49-41(51-39)53-17-21-61-22-18-53)43-31-15-13-29(35(25-31)63(55,56)57)11-12-30-14-16-32(26-36(30)64(58,59)60)44-38-48-40(46-34-10-6-4-8-28(34)2)52-42(50-38)54-19-23-62-24-20-54;;/h3-16,25-26H,17-24H2,1-2H3,(H,55,56,57)(H,58,59,60)(H2,43,45,47,49,51)(H2,44,46,48,50,52);;/q;+1;-1. The second-order valence-electron chi connectivity index (χ2n) is 14.7. The Morgan fingerprint density at radius 2 is 0.892 bits per heavy atom. The van der Waals surface area contributed by atoms with Crippen LogP contribution in [0.3, 0.4) is 0 Å². The number of hydrogen-bond donors (Lipinski definition) is 6. The number of nitrogens with one attached hydrogen (secondary N) is 4. The van der Waals surface area contributed by atoms with E-state index in [1.807, 2.05) is 72.2 Å². The summed E-state index contributed by atoms with van der Waals surface area (Å²) >= 11 is 0. The van der Waals surface area contributed by atoms with Crippen molar-refractivity contribution in [2.24, 2.45) is 0 Å². The average Bonchev–Trinajstić information content (AvgIpc) is 3.27. The maximum atomic E-state index is 12.8.